The Hall–Kier alpha value is -3.30. The number of benzene rings is 1. The van der Waals surface area contributed by atoms with Crippen LogP contribution in [0.1, 0.15) is 43.9 Å². The van der Waals surface area contributed by atoms with Gasteiger partial charge in [0.25, 0.3) is 0 Å². The maximum atomic E-state index is 13.8. The van der Waals surface area contributed by atoms with E-state index in [9.17, 15) is 14.3 Å². The SMILES string of the molecule is COCC(C)(C)c1c([C@@H]2CCC(C(=O)O)OC2)c2nc3[nH]ncc3cc2n1-c1ccc(F)cc1. The van der Waals surface area contributed by atoms with Gasteiger partial charge in [0, 0.05) is 40.8 Å². The summed E-state index contributed by atoms with van der Waals surface area (Å²) in [7, 11) is 1.67. The van der Waals surface area contributed by atoms with Crippen LogP contribution in [0.5, 0.6) is 0 Å². The Labute approximate surface area is 195 Å². The number of rotatable bonds is 6. The molecule has 0 amide bonds. The Morgan fingerprint density at radius 2 is 2.09 bits per heavy atom. The number of pyridine rings is 1. The van der Waals surface area contributed by atoms with Gasteiger partial charge >= 0.3 is 5.97 Å². The lowest BCUT2D eigenvalue weighted by Crippen LogP contribution is -2.33. The Bertz CT molecular complexity index is 1350. The monoisotopic (exact) mass is 466 g/mol. The minimum Gasteiger partial charge on any atom is -0.479 e. The van der Waals surface area contributed by atoms with Crippen molar-refractivity contribution in [1.29, 1.82) is 0 Å². The van der Waals surface area contributed by atoms with Gasteiger partial charge in [-0.25, -0.2) is 14.2 Å². The van der Waals surface area contributed by atoms with Crippen molar-refractivity contribution in [3.8, 4) is 5.69 Å². The minimum absolute atomic E-state index is 0.0567. The number of carbonyl (C=O) groups is 1. The zero-order valence-electron chi connectivity index (χ0n) is 19.3. The Balaban J connectivity index is 1.81. The standard InChI is InChI=1S/C25H27FN4O4/c1-25(2,13-33-3)22-20(14-4-9-19(24(31)32)34-12-14)21-18(10-15-11-27-29-23(15)28-21)30(22)17-7-5-16(26)6-8-17/h5-8,10-11,14,19H,4,9,12-13H2,1-3H3,(H,31,32)(H,27,28,29)/t14-,19?/m1/s1. The van der Waals surface area contributed by atoms with Crippen molar-refractivity contribution < 1.29 is 23.8 Å². The second kappa shape index (κ2) is 8.48. The Morgan fingerprint density at radius 3 is 2.74 bits per heavy atom. The summed E-state index contributed by atoms with van der Waals surface area (Å²) in [6.45, 7) is 4.93. The van der Waals surface area contributed by atoms with Crippen LogP contribution in [0, 0.1) is 5.82 Å². The first-order valence-corrected chi connectivity index (χ1v) is 11.3. The molecule has 0 spiro atoms. The number of nitrogens with zero attached hydrogens (tertiary/aromatic N) is 3. The number of aromatic nitrogens is 4. The molecule has 8 nitrogen and oxygen atoms in total. The van der Waals surface area contributed by atoms with E-state index in [4.69, 9.17) is 14.5 Å². The maximum Gasteiger partial charge on any atom is 0.332 e. The quantitative estimate of drug-likeness (QED) is 0.439. The number of halogens is 1. The lowest BCUT2D eigenvalue weighted by atomic mass is 9.81. The van der Waals surface area contributed by atoms with Gasteiger partial charge in [-0.1, -0.05) is 13.8 Å². The lowest BCUT2D eigenvalue weighted by molar-refractivity contribution is -0.153. The molecule has 178 valence electrons. The molecule has 3 aromatic heterocycles. The summed E-state index contributed by atoms with van der Waals surface area (Å²) < 4.78 is 27.3. The number of carboxylic acid groups (broad SMARTS) is 1. The van der Waals surface area contributed by atoms with E-state index in [0.717, 1.165) is 33.4 Å². The molecule has 2 N–H and O–H groups in total. The second-order valence-electron chi connectivity index (χ2n) is 9.49. The van der Waals surface area contributed by atoms with E-state index in [1.165, 1.54) is 12.1 Å². The smallest absolute Gasteiger partial charge is 0.332 e. The number of carboxylic acids is 1. The molecule has 1 saturated heterocycles. The minimum atomic E-state index is -0.940. The zero-order valence-corrected chi connectivity index (χ0v) is 19.3. The van der Waals surface area contributed by atoms with Crippen LogP contribution in [-0.2, 0) is 19.7 Å². The molecule has 9 heteroatoms. The summed E-state index contributed by atoms with van der Waals surface area (Å²) in [5, 5.41) is 17.3. The van der Waals surface area contributed by atoms with Gasteiger partial charge in [-0.2, -0.15) is 5.10 Å². The molecule has 1 aromatic carbocycles. The molecule has 0 bridgehead atoms. The van der Waals surface area contributed by atoms with Gasteiger partial charge in [0.1, 0.15) is 5.82 Å². The van der Waals surface area contributed by atoms with E-state index >= 15 is 0 Å². The average Bonchev–Trinajstić information content (AvgIpc) is 3.40. The number of hydrogen-bond donors (Lipinski definition) is 2. The normalized spacial score (nSPS) is 19.2. The third-order valence-electron chi connectivity index (χ3n) is 6.57. The molecule has 1 aliphatic heterocycles. The second-order valence-corrected chi connectivity index (χ2v) is 9.49. The maximum absolute atomic E-state index is 13.8. The van der Waals surface area contributed by atoms with Gasteiger partial charge in [-0.15, -0.1) is 0 Å². The zero-order chi connectivity index (χ0) is 24.0. The van der Waals surface area contributed by atoms with Crippen molar-refractivity contribution in [2.24, 2.45) is 0 Å². The van der Waals surface area contributed by atoms with E-state index in [1.807, 2.05) is 6.07 Å². The van der Waals surface area contributed by atoms with Crippen molar-refractivity contribution in [3.63, 3.8) is 0 Å². The number of ether oxygens (including phenoxy) is 2. The van der Waals surface area contributed by atoms with Crippen molar-refractivity contribution >= 4 is 28.0 Å². The molecule has 0 saturated carbocycles. The molecule has 4 heterocycles. The number of aromatic amines is 1. The molecule has 0 radical (unpaired) electrons. The van der Waals surface area contributed by atoms with Crippen molar-refractivity contribution in [2.45, 2.75) is 44.1 Å². The van der Waals surface area contributed by atoms with E-state index in [-0.39, 0.29) is 18.3 Å². The fraction of sp³-hybridized carbons (Fsp3) is 0.400. The molecule has 4 aromatic rings. The first-order chi connectivity index (χ1) is 16.3. The van der Waals surface area contributed by atoms with Gasteiger partial charge in [-0.3, -0.25) is 5.10 Å². The van der Waals surface area contributed by atoms with E-state index in [0.29, 0.717) is 25.1 Å². The number of aliphatic carboxylic acids is 1. The van der Waals surface area contributed by atoms with Crippen LogP contribution in [0.3, 0.4) is 0 Å². The average molecular weight is 467 g/mol. The van der Waals surface area contributed by atoms with Gasteiger partial charge in [0.15, 0.2) is 11.8 Å². The Kier molecular flexibility index (Phi) is 5.61. The largest absolute Gasteiger partial charge is 0.479 e. The molecule has 0 aliphatic carbocycles. The van der Waals surface area contributed by atoms with E-state index in [2.05, 4.69) is 28.6 Å². The number of H-pyrrole nitrogens is 1. The summed E-state index contributed by atoms with van der Waals surface area (Å²) in [5.41, 5.74) is 4.70. The molecule has 1 aliphatic rings. The van der Waals surface area contributed by atoms with Crippen molar-refractivity contribution in [2.75, 3.05) is 20.3 Å². The lowest BCUT2D eigenvalue weighted by Gasteiger charge is -2.32. The highest BCUT2D eigenvalue weighted by Gasteiger charge is 2.37. The Morgan fingerprint density at radius 1 is 1.32 bits per heavy atom. The molecule has 2 atom stereocenters. The van der Waals surface area contributed by atoms with Crippen molar-refractivity contribution in [3.05, 3.63) is 53.6 Å². The molecule has 5 rings (SSSR count). The topological polar surface area (TPSA) is 102 Å². The van der Waals surface area contributed by atoms with Gasteiger partial charge in [0.05, 0.1) is 30.4 Å². The molecular formula is C25H27FN4O4. The molecule has 1 fully saturated rings. The summed E-state index contributed by atoms with van der Waals surface area (Å²) in [6.07, 6.45) is 1.99. The predicted molar refractivity (Wildman–Crippen MR) is 125 cm³/mol. The fourth-order valence-electron chi connectivity index (χ4n) is 5.11. The third-order valence-corrected chi connectivity index (χ3v) is 6.57. The van der Waals surface area contributed by atoms with Crippen LogP contribution in [0.25, 0.3) is 27.8 Å². The van der Waals surface area contributed by atoms with Crippen LogP contribution in [0.15, 0.2) is 36.5 Å². The van der Waals surface area contributed by atoms with Crippen LogP contribution in [-0.4, -0.2) is 57.3 Å². The summed E-state index contributed by atoms with van der Waals surface area (Å²) in [6, 6.07) is 8.42. The van der Waals surface area contributed by atoms with Crippen LogP contribution >= 0.6 is 0 Å². The van der Waals surface area contributed by atoms with Gasteiger partial charge in [-0.05, 0) is 43.2 Å². The van der Waals surface area contributed by atoms with Crippen LogP contribution in [0.2, 0.25) is 0 Å². The first-order valence-electron chi connectivity index (χ1n) is 11.3. The van der Waals surface area contributed by atoms with Crippen LogP contribution in [0.4, 0.5) is 4.39 Å². The molecule has 34 heavy (non-hydrogen) atoms. The highest BCUT2D eigenvalue weighted by Crippen LogP contribution is 2.43. The van der Waals surface area contributed by atoms with Gasteiger partial charge < -0.3 is 19.1 Å². The van der Waals surface area contributed by atoms with Crippen LogP contribution < -0.4 is 0 Å². The summed E-state index contributed by atoms with van der Waals surface area (Å²) in [4.78, 5) is 16.4. The highest BCUT2D eigenvalue weighted by atomic mass is 19.1. The highest BCUT2D eigenvalue weighted by molar-refractivity contribution is 5.94. The molecule has 1 unspecified atom stereocenters. The third kappa shape index (κ3) is 3.74. The predicted octanol–water partition coefficient (Wildman–Crippen LogP) is 4.31. The summed E-state index contributed by atoms with van der Waals surface area (Å²) in [5.74, 6) is -1.31. The van der Waals surface area contributed by atoms with E-state index in [1.54, 1.807) is 25.4 Å². The fourth-order valence-corrected chi connectivity index (χ4v) is 5.11. The van der Waals surface area contributed by atoms with Crippen molar-refractivity contribution in [1.82, 2.24) is 19.7 Å². The molecular weight excluding hydrogens is 439 g/mol. The summed E-state index contributed by atoms with van der Waals surface area (Å²) >= 11 is 0. The number of fused-ring (bicyclic) bond motifs is 2. The van der Waals surface area contributed by atoms with Gasteiger partial charge in [0.2, 0.25) is 0 Å². The van der Waals surface area contributed by atoms with E-state index < -0.39 is 17.5 Å². The number of hydrogen-bond acceptors (Lipinski definition) is 5. The first kappa shape index (κ1) is 22.5. The number of nitrogens with one attached hydrogen (secondary N) is 1. The number of methoxy groups -OCH3 is 1.